The molecule has 1 atom stereocenters. The number of nitrogens with one attached hydrogen (secondary N) is 1. The molecule has 1 saturated heterocycles. The number of hydrogen-bond acceptors (Lipinski definition) is 3. The molecule has 2 aromatic rings. The zero-order valence-electron chi connectivity index (χ0n) is 12.3. The average molecular weight is 335 g/mol. The molecular weight excluding hydrogens is 316 g/mol. The van der Waals surface area contributed by atoms with E-state index in [2.05, 4.69) is 27.0 Å². The third kappa shape index (κ3) is 3.69. The van der Waals surface area contributed by atoms with Crippen molar-refractivity contribution >= 4 is 28.8 Å². The fourth-order valence-electron chi connectivity index (χ4n) is 2.90. The fourth-order valence-corrected chi connectivity index (χ4v) is 3.79. The molecule has 3 rings (SSSR count). The summed E-state index contributed by atoms with van der Waals surface area (Å²) in [6.45, 7) is 2.84. The summed E-state index contributed by atoms with van der Waals surface area (Å²) in [4.78, 5) is 14.8. The van der Waals surface area contributed by atoms with Gasteiger partial charge in [0.05, 0.1) is 6.04 Å². The van der Waals surface area contributed by atoms with Crippen molar-refractivity contribution in [2.75, 3.05) is 19.6 Å². The van der Waals surface area contributed by atoms with Crippen molar-refractivity contribution in [2.24, 2.45) is 0 Å². The first-order valence-corrected chi connectivity index (χ1v) is 8.86. The van der Waals surface area contributed by atoms with E-state index in [1.165, 1.54) is 18.4 Å². The maximum absolute atomic E-state index is 12.3. The van der Waals surface area contributed by atoms with E-state index in [1.807, 2.05) is 0 Å². The molecule has 22 heavy (non-hydrogen) atoms. The molecule has 3 nitrogen and oxygen atoms in total. The predicted molar refractivity (Wildman–Crippen MR) is 91.7 cm³/mol. The van der Waals surface area contributed by atoms with Gasteiger partial charge in [0, 0.05) is 17.1 Å². The van der Waals surface area contributed by atoms with Gasteiger partial charge in [-0.25, -0.2) is 0 Å². The molecule has 0 saturated carbocycles. The van der Waals surface area contributed by atoms with Crippen LogP contribution in [-0.4, -0.2) is 30.4 Å². The number of rotatable bonds is 5. The maximum Gasteiger partial charge on any atom is 0.251 e. The zero-order valence-corrected chi connectivity index (χ0v) is 13.9. The molecule has 1 fully saturated rings. The van der Waals surface area contributed by atoms with E-state index in [1.54, 1.807) is 35.6 Å². The summed E-state index contributed by atoms with van der Waals surface area (Å²) in [6, 6.07) is 9.48. The third-order valence-electron chi connectivity index (χ3n) is 4.05. The molecule has 1 amide bonds. The van der Waals surface area contributed by atoms with Crippen LogP contribution in [0.25, 0.3) is 0 Å². The summed E-state index contributed by atoms with van der Waals surface area (Å²) in [5, 5.41) is 7.91. The Morgan fingerprint density at radius 1 is 1.32 bits per heavy atom. The Morgan fingerprint density at radius 3 is 2.82 bits per heavy atom. The monoisotopic (exact) mass is 334 g/mol. The molecule has 5 heteroatoms. The van der Waals surface area contributed by atoms with Gasteiger partial charge in [0.15, 0.2) is 0 Å². The quantitative estimate of drug-likeness (QED) is 0.897. The van der Waals surface area contributed by atoms with Crippen LogP contribution in [0.15, 0.2) is 41.1 Å². The van der Waals surface area contributed by atoms with E-state index in [-0.39, 0.29) is 11.9 Å². The van der Waals surface area contributed by atoms with Crippen LogP contribution in [0.1, 0.15) is 34.8 Å². The number of likely N-dealkylation sites (tertiary alicyclic amines) is 1. The minimum absolute atomic E-state index is 0.0677. The Morgan fingerprint density at radius 2 is 2.14 bits per heavy atom. The molecule has 0 spiro atoms. The van der Waals surface area contributed by atoms with Crippen LogP contribution in [0.4, 0.5) is 0 Å². The first-order valence-electron chi connectivity index (χ1n) is 7.54. The first kappa shape index (κ1) is 15.5. The molecule has 1 aromatic carbocycles. The van der Waals surface area contributed by atoms with Crippen LogP contribution in [0.5, 0.6) is 0 Å². The van der Waals surface area contributed by atoms with Crippen LogP contribution in [0.3, 0.4) is 0 Å². The van der Waals surface area contributed by atoms with E-state index >= 15 is 0 Å². The second-order valence-corrected chi connectivity index (χ2v) is 6.75. The normalized spacial score (nSPS) is 16.6. The summed E-state index contributed by atoms with van der Waals surface area (Å²) < 4.78 is 0. The summed E-state index contributed by atoms with van der Waals surface area (Å²) >= 11 is 7.65. The standard InChI is InChI=1S/C17H19ClN2OS/c18-15-5-3-4-13(10-15)17(21)19-11-16(14-6-9-22-12-14)20-7-1-2-8-20/h3-6,9-10,12,16H,1-2,7-8,11H2,(H,19,21)/t16-/m0/s1. The summed E-state index contributed by atoms with van der Waals surface area (Å²) in [5.74, 6) is -0.0677. The van der Waals surface area contributed by atoms with E-state index in [9.17, 15) is 4.79 Å². The van der Waals surface area contributed by atoms with Gasteiger partial charge < -0.3 is 5.32 Å². The fraction of sp³-hybridized carbons (Fsp3) is 0.353. The number of carbonyl (C=O) groups is 1. The molecule has 0 bridgehead atoms. The number of halogens is 1. The minimum atomic E-state index is -0.0677. The second kappa shape index (κ2) is 7.27. The van der Waals surface area contributed by atoms with Crippen molar-refractivity contribution in [2.45, 2.75) is 18.9 Å². The van der Waals surface area contributed by atoms with Gasteiger partial charge in [-0.15, -0.1) is 0 Å². The van der Waals surface area contributed by atoms with Crippen molar-refractivity contribution < 1.29 is 4.79 Å². The lowest BCUT2D eigenvalue weighted by atomic mass is 10.1. The topological polar surface area (TPSA) is 32.3 Å². The molecule has 0 unspecified atom stereocenters. The number of carbonyl (C=O) groups excluding carboxylic acids is 1. The van der Waals surface area contributed by atoms with Gasteiger partial charge in [0.25, 0.3) is 5.91 Å². The van der Waals surface area contributed by atoms with E-state index in [0.717, 1.165) is 13.1 Å². The summed E-state index contributed by atoms with van der Waals surface area (Å²) in [7, 11) is 0. The van der Waals surface area contributed by atoms with Crippen LogP contribution < -0.4 is 5.32 Å². The van der Waals surface area contributed by atoms with Crippen molar-refractivity contribution in [1.29, 1.82) is 0 Å². The van der Waals surface area contributed by atoms with Gasteiger partial charge >= 0.3 is 0 Å². The molecule has 0 radical (unpaired) electrons. The van der Waals surface area contributed by atoms with Gasteiger partial charge in [0.1, 0.15) is 0 Å². The molecule has 1 aliphatic heterocycles. The molecule has 1 aromatic heterocycles. The van der Waals surface area contributed by atoms with Crippen LogP contribution in [0.2, 0.25) is 5.02 Å². The number of hydrogen-bond donors (Lipinski definition) is 1. The maximum atomic E-state index is 12.3. The Labute approximate surface area is 139 Å². The third-order valence-corrected chi connectivity index (χ3v) is 4.99. The Balaban J connectivity index is 1.67. The highest BCUT2D eigenvalue weighted by Crippen LogP contribution is 2.26. The molecule has 1 aliphatic rings. The van der Waals surface area contributed by atoms with Gasteiger partial charge in [-0.3, -0.25) is 9.69 Å². The van der Waals surface area contributed by atoms with Gasteiger partial charge in [-0.05, 0) is 66.5 Å². The number of thiophene rings is 1. The summed E-state index contributed by atoms with van der Waals surface area (Å²) in [5.41, 5.74) is 1.90. The van der Waals surface area contributed by atoms with E-state index in [4.69, 9.17) is 11.6 Å². The number of nitrogens with zero attached hydrogens (tertiary/aromatic N) is 1. The van der Waals surface area contributed by atoms with Crippen molar-refractivity contribution in [3.05, 3.63) is 57.2 Å². The SMILES string of the molecule is O=C(NC[C@@H](c1ccsc1)N1CCCC1)c1cccc(Cl)c1. The Kier molecular flexibility index (Phi) is 5.13. The average Bonchev–Trinajstić information content (AvgIpc) is 3.21. The zero-order chi connectivity index (χ0) is 15.4. The van der Waals surface area contributed by atoms with Crippen molar-refractivity contribution in [3.8, 4) is 0 Å². The Bertz CT molecular complexity index is 623. The molecule has 0 aliphatic carbocycles. The van der Waals surface area contributed by atoms with Crippen molar-refractivity contribution in [3.63, 3.8) is 0 Å². The molecule has 2 heterocycles. The largest absolute Gasteiger partial charge is 0.350 e. The molecule has 116 valence electrons. The Hall–Kier alpha value is -1.36. The van der Waals surface area contributed by atoms with Gasteiger partial charge in [0.2, 0.25) is 0 Å². The van der Waals surface area contributed by atoms with E-state index < -0.39 is 0 Å². The van der Waals surface area contributed by atoms with Gasteiger partial charge in [-0.1, -0.05) is 17.7 Å². The van der Waals surface area contributed by atoms with Crippen LogP contribution >= 0.6 is 22.9 Å². The second-order valence-electron chi connectivity index (χ2n) is 5.54. The van der Waals surface area contributed by atoms with Gasteiger partial charge in [-0.2, -0.15) is 11.3 Å². The highest BCUT2D eigenvalue weighted by molar-refractivity contribution is 7.07. The molecule has 1 N–H and O–H groups in total. The lowest BCUT2D eigenvalue weighted by Gasteiger charge is -2.27. The highest BCUT2D eigenvalue weighted by Gasteiger charge is 2.24. The number of amides is 1. The van der Waals surface area contributed by atoms with E-state index in [0.29, 0.717) is 17.1 Å². The lowest BCUT2D eigenvalue weighted by molar-refractivity contribution is 0.0938. The van der Waals surface area contributed by atoms with Crippen molar-refractivity contribution in [1.82, 2.24) is 10.2 Å². The smallest absolute Gasteiger partial charge is 0.251 e. The first-order chi connectivity index (χ1) is 10.7. The minimum Gasteiger partial charge on any atom is -0.350 e. The van der Waals surface area contributed by atoms with Crippen LogP contribution in [0, 0.1) is 0 Å². The predicted octanol–water partition coefficient (Wildman–Crippen LogP) is 3.97. The number of benzene rings is 1. The van der Waals surface area contributed by atoms with Crippen LogP contribution in [-0.2, 0) is 0 Å². The highest BCUT2D eigenvalue weighted by atomic mass is 35.5. The molecular formula is C17H19ClN2OS. The summed E-state index contributed by atoms with van der Waals surface area (Å²) in [6.07, 6.45) is 2.48. The lowest BCUT2D eigenvalue weighted by Crippen LogP contribution is -2.36.